The molecular formula is C20H24O3. The van der Waals surface area contributed by atoms with Gasteiger partial charge in [0.1, 0.15) is 0 Å². The highest BCUT2D eigenvalue weighted by atomic mass is 16.7. The number of hydrogen-bond donors (Lipinski definition) is 1. The molecule has 1 unspecified atom stereocenters. The van der Waals surface area contributed by atoms with Crippen LogP contribution in [0.15, 0.2) is 54.6 Å². The van der Waals surface area contributed by atoms with Gasteiger partial charge in [0.2, 0.25) is 0 Å². The molecule has 122 valence electrons. The molecule has 0 aliphatic carbocycles. The van der Waals surface area contributed by atoms with E-state index < -0.39 is 6.16 Å². The van der Waals surface area contributed by atoms with E-state index in [1.807, 2.05) is 18.2 Å². The zero-order valence-electron chi connectivity index (χ0n) is 13.6. The minimum atomic E-state index is -1.21. The zero-order chi connectivity index (χ0) is 16.5. The first-order chi connectivity index (χ1) is 11.2. The van der Waals surface area contributed by atoms with Gasteiger partial charge in [0.05, 0.1) is 6.61 Å². The Morgan fingerprint density at radius 2 is 1.78 bits per heavy atom. The third kappa shape index (κ3) is 5.13. The van der Waals surface area contributed by atoms with E-state index in [4.69, 9.17) is 9.84 Å². The maximum absolute atomic E-state index is 10.6. The number of hydrogen-bond acceptors (Lipinski definition) is 2. The van der Waals surface area contributed by atoms with Crippen LogP contribution >= 0.6 is 0 Å². The Morgan fingerprint density at radius 3 is 2.48 bits per heavy atom. The quantitative estimate of drug-likeness (QED) is 0.677. The number of aryl methyl sites for hydroxylation is 1. The lowest BCUT2D eigenvalue weighted by Gasteiger charge is -2.21. The molecule has 3 heteroatoms. The first-order valence-corrected chi connectivity index (χ1v) is 8.20. The molecule has 0 heterocycles. The fourth-order valence-corrected chi connectivity index (χ4v) is 2.92. The van der Waals surface area contributed by atoms with Gasteiger partial charge in [-0.05, 0) is 36.0 Å². The molecule has 0 aliphatic heterocycles. The van der Waals surface area contributed by atoms with Crippen molar-refractivity contribution in [3.8, 4) is 0 Å². The van der Waals surface area contributed by atoms with Crippen LogP contribution in [0.5, 0.6) is 0 Å². The fraction of sp³-hybridized carbons (Fsp3) is 0.350. The smallest absolute Gasteiger partial charge is 0.450 e. The van der Waals surface area contributed by atoms with Gasteiger partial charge >= 0.3 is 6.16 Å². The molecule has 0 bridgehead atoms. The Balaban J connectivity index is 2.27. The molecular weight excluding hydrogens is 288 g/mol. The Kier molecular flexibility index (Phi) is 6.67. The maximum Gasteiger partial charge on any atom is 0.505 e. The number of rotatable bonds is 8. The predicted molar refractivity (Wildman–Crippen MR) is 91.9 cm³/mol. The summed E-state index contributed by atoms with van der Waals surface area (Å²) in [5.74, 6) is 0.156. The van der Waals surface area contributed by atoms with Crippen LogP contribution < -0.4 is 0 Å². The largest absolute Gasteiger partial charge is 0.505 e. The highest BCUT2D eigenvalue weighted by Gasteiger charge is 2.17. The minimum Gasteiger partial charge on any atom is -0.450 e. The van der Waals surface area contributed by atoms with Crippen LogP contribution in [0.2, 0.25) is 0 Å². The standard InChI is InChI=1S/C20H24O3/c1-2-3-9-16-12-7-8-13-18(16)19(14-15-23-20(21)22)17-10-5-4-6-11-17/h4-8,10-13,19H,2-3,9,14-15H2,1H3,(H,21,22). The molecule has 0 spiro atoms. The second kappa shape index (κ2) is 8.99. The average molecular weight is 312 g/mol. The molecule has 23 heavy (non-hydrogen) atoms. The van der Waals surface area contributed by atoms with Crippen molar-refractivity contribution in [1.29, 1.82) is 0 Å². The summed E-state index contributed by atoms with van der Waals surface area (Å²) in [5.41, 5.74) is 3.82. The molecule has 1 N–H and O–H groups in total. The van der Waals surface area contributed by atoms with E-state index in [1.54, 1.807) is 0 Å². The van der Waals surface area contributed by atoms with Gasteiger partial charge in [-0.25, -0.2) is 4.79 Å². The monoisotopic (exact) mass is 312 g/mol. The van der Waals surface area contributed by atoms with Crippen LogP contribution in [0.3, 0.4) is 0 Å². The van der Waals surface area contributed by atoms with Gasteiger partial charge in [0, 0.05) is 5.92 Å². The summed E-state index contributed by atoms with van der Waals surface area (Å²) in [6, 6.07) is 18.7. The summed E-state index contributed by atoms with van der Waals surface area (Å²) >= 11 is 0. The van der Waals surface area contributed by atoms with Crippen LogP contribution in [0.1, 0.15) is 48.8 Å². The molecule has 0 amide bonds. The topological polar surface area (TPSA) is 46.5 Å². The van der Waals surface area contributed by atoms with Gasteiger partial charge < -0.3 is 9.84 Å². The highest BCUT2D eigenvalue weighted by Crippen LogP contribution is 2.31. The molecule has 0 saturated heterocycles. The minimum absolute atomic E-state index is 0.156. The number of carbonyl (C=O) groups is 1. The van der Waals surface area contributed by atoms with Crippen molar-refractivity contribution in [1.82, 2.24) is 0 Å². The number of benzene rings is 2. The van der Waals surface area contributed by atoms with E-state index >= 15 is 0 Å². The molecule has 0 fully saturated rings. The Morgan fingerprint density at radius 1 is 1.09 bits per heavy atom. The predicted octanol–water partition coefficient (Wildman–Crippen LogP) is 5.25. The van der Waals surface area contributed by atoms with Crippen molar-refractivity contribution < 1.29 is 14.6 Å². The number of ether oxygens (including phenoxy) is 1. The first kappa shape index (κ1) is 17.1. The van der Waals surface area contributed by atoms with Gasteiger partial charge in [0.25, 0.3) is 0 Å². The van der Waals surface area contributed by atoms with Gasteiger partial charge in [-0.1, -0.05) is 67.9 Å². The van der Waals surface area contributed by atoms with Crippen molar-refractivity contribution in [2.75, 3.05) is 6.61 Å². The van der Waals surface area contributed by atoms with Crippen LogP contribution in [0.4, 0.5) is 4.79 Å². The van der Waals surface area contributed by atoms with Crippen molar-refractivity contribution in [2.24, 2.45) is 0 Å². The van der Waals surface area contributed by atoms with E-state index in [1.165, 1.54) is 16.7 Å². The molecule has 2 aromatic carbocycles. The summed E-state index contributed by atoms with van der Waals surface area (Å²) in [6.07, 6.45) is 2.81. The molecule has 1 atom stereocenters. The second-order valence-corrected chi connectivity index (χ2v) is 5.67. The lowest BCUT2D eigenvalue weighted by molar-refractivity contribution is 0.0896. The molecule has 0 aromatic heterocycles. The third-order valence-electron chi connectivity index (χ3n) is 4.06. The molecule has 2 aromatic rings. The molecule has 0 aliphatic rings. The van der Waals surface area contributed by atoms with E-state index in [0.29, 0.717) is 6.42 Å². The summed E-state index contributed by atoms with van der Waals surface area (Å²) in [5, 5.41) is 8.72. The van der Waals surface area contributed by atoms with Crippen LogP contribution in [-0.2, 0) is 11.2 Å². The first-order valence-electron chi connectivity index (χ1n) is 8.20. The Bertz CT molecular complexity index is 607. The summed E-state index contributed by atoms with van der Waals surface area (Å²) < 4.78 is 4.75. The molecule has 0 radical (unpaired) electrons. The molecule has 0 saturated carbocycles. The number of unbranched alkanes of at least 4 members (excludes halogenated alkanes) is 1. The van der Waals surface area contributed by atoms with Crippen LogP contribution in [0.25, 0.3) is 0 Å². The highest BCUT2D eigenvalue weighted by molar-refractivity contribution is 5.56. The normalized spacial score (nSPS) is 11.9. The lowest BCUT2D eigenvalue weighted by Crippen LogP contribution is -2.10. The van der Waals surface area contributed by atoms with Gasteiger partial charge in [-0.3, -0.25) is 0 Å². The lowest BCUT2D eigenvalue weighted by atomic mass is 9.85. The number of carboxylic acid groups (broad SMARTS) is 1. The van der Waals surface area contributed by atoms with Crippen molar-refractivity contribution >= 4 is 6.16 Å². The van der Waals surface area contributed by atoms with Crippen molar-refractivity contribution in [3.05, 3.63) is 71.3 Å². The van der Waals surface area contributed by atoms with Crippen LogP contribution in [-0.4, -0.2) is 17.9 Å². The van der Waals surface area contributed by atoms with E-state index in [-0.39, 0.29) is 12.5 Å². The molecule has 2 rings (SSSR count). The van der Waals surface area contributed by atoms with Crippen molar-refractivity contribution in [3.63, 3.8) is 0 Å². The average Bonchev–Trinajstić information content (AvgIpc) is 2.58. The summed E-state index contributed by atoms with van der Waals surface area (Å²) in [6.45, 7) is 2.40. The summed E-state index contributed by atoms with van der Waals surface area (Å²) in [4.78, 5) is 10.6. The third-order valence-corrected chi connectivity index (χ3v) is 4.06. The Hall–Kier alpha value is -2.29. The SMILES string of the molecule is CCCCc1ccccc1C(CCOC(=O)O)c1ccccc1. The van der Waals surface area contributed by atoms with Crippen molar-refractivity contribution in [2.45, 2.75) is 38.5 Å². The van der Waals surface area contributed by atoms with Gasteiger partial charge in [-0.15, -0.1) is 0 Å². The zero-order valence-corrected chi connectivity index (χ0v) is 13.6. The maximum atomic E-state index is 10.6. The van der Waals surface area contributed by atoms with E-state index in [2.05, 4.69) is 43.3 Å². The van der Waals surface area contributed by atoms with E-state index in [0.717, 1.165) is 19.3 Å². The van der Waals surface area contributed by atoms with Gasteiger partial charge in [0.15, 0.2) is 0 Å². The van der Waals surface area contributed by atoms with Gasteiger partial charge in [-0.2, -0.15) is 0 Å². The molecule has 3 nitrogen and oxygen atoms in total. The van der Waals surface area contributed by atoms with Crippen LogP contribution in [0, 0.1) is 0 Å². The summed E-state index contributed by atoms with van der Waals surface area (Å²) in [7, 11) is 0. The Labute approximate surface area is 137 Å². The fourth-order valence-electron chi connectivity index (χ4n) is 2.92. The second-order valence-electron chi connectivity index (χ2n) is 5.67. The van der Waals surface area contributed by atoms with E-state index in [9.17, 15) is 4.79 Å².